The molecule has 7 heteroatoms. The first-order valence-electron chi connectivity index (χ1n) is 9.58. The fourth-order valence-corrected chi connectivity index (χ4v) is 3.51. The summed E-state index contributed by atoms with van der Waals surface area (Å²) < 4.78 is 65.5. The van der Waals surface area contributed by atoms with Gasteiger partial charge in [0.25, 0.3) is 5.97 Å². The van der Waals surface area contributed by atoms with Crippen LogP contribution in [0.5, 0.6) is 0 Å². The Hall–Kier alpha value is -1.96. The molecule has 0 spiro atoms. The van der Waals surface area contributed by atoms with Crippen LogP contribution in [-0.4, -0.2) is 24.3 Å². The second-order valence-electron chi connectivity index (χ2n) is 7.92. The molecule has 1 fully saturated rings. The van der Waals surface area contributed by atoms with E-state index in [1.807, 2.05) is 6.92 Å². The Labute approximate surface area is 167 Å². The van der Waals surface area contributed by atoms with Crippen LogP contribution in [-0.2, 0) is 15.9 Å². The van der Waals surface area contributed by atoms with Crippen molar-refractivity contribution in [2.75, 3.05) is 13.2 Å². The van der Waals surface area contributed by atoms with Crippen molar-refractivity contribution in [1.29, 1.82) is 0 Å². The topological polar surface area (TPSA) is 38.7 Å². The van der Waals surface area contributed by atoms with E-state index < -0.39 is 29.2 Å². The van der Waals surface area contributed by atoms with E-state index in [1.54, 1.807) is 6.07 Å². The molecule has 2 aromatic carbocycles. The van der Waals surface area contributed by atoms with Gasteiger partial charge in [0.15, 0.2) is 17.5 Å². The molecular weight excluding hydrogens is 388 g/mol. The third-order valence-corrected chi connectivity index (χ3v) is 5.20. The normalized spacial score (nSPS) is 24.7. The zero-order chi connectivity index (χ0) is 21.2. The summed E-state index contributed by atoms with van der Waals surface area (Å²) >= 11 is 0. The molecule has 1 aliphatic heterocycles. The summed E-state index contributed by atoms with van der Waals surface area (Å²) in [6, 6.07) is 5.64. The molecule has 3 nitrogen and oxygen atoms in total. The summed E-state index contributed by atoms with van der Waals surface area (Å²) in [7, 11) is 0. The Balaban J connectivity index is 1.67. The van der Waals surface area contributed by atoms with E-state index in [4.69, 9.17) is 9.47 Å². The molecule has 0 bridgehead atoms. The lowest BCUT2D eigenvalue weighted by Crippen LogP contribution is -2.48. The van der Waals surface area contributed by atoms with Crippen LogP contribution < -0.4 is 0 Å². The largest absolute Gasteiger partial charge is 0.343 e. The van der Waals surface area contributed by atoms with E-state index in [9.17, 15) is 22.7 Å². The minimum absolute atomic E-state index is 0.0502. The molecule has 0 radical (unpaired) electrons. The highest BCUT2D eigenvalue weighted by Gasteiger charge is 2.40. The zero-order valence-corrected chi connectivity index (χ0v) is 16.4. The van der Waals surface area contributed by atoms with Crippen molar-refractivity contribution in [2.45, 2.75) is 45.5 Å². The summed E-state index contributed by atoms with van der Waals surface area (Å²) in [5, 5.41) is 10.5. The second kappa shape index (κ2) is 8.42. The van der Waals surface area contributed by atoms with Crippen molar-refractivity contribution in [3.63, 3.8) is 0 Å². The van der Waals surface area contributed by atoms with E-state index in [1.165, 1.54) is 12.1 Å². The van der Waals surface area contributed by atoms with Gasteiger partial charge in [0, 0.05) is 17.4 Å². The van der Waals surface area contributed by atoms with Crippen LogP contribution in [0.4, 0.5) is 17.6 Å². The van der Waals surface area contributed by atoms with Gasteiger partial charge < -0.3 is 14.6 Å². The average molecular weight is 412 g/mol. The van der Waals surface area contributed by atoms with Crippen LogP contribution >= 0.6 is 0 Å². The van der Waals surface area contributed by atoms with Gasteiger partial charge in [0.1, 0.15) is 5.82 Å². The Bertz CT molecular complexity index is 853. The van der Waals surface area contributed by atoms with Gasteiger partial charge in [0.05, 0.1) is 13.2 Å². The van der Waals surface area contributed by atoms with Crippen molar-refractivity contribution < 1.29 is 32.1 Å². The predicted molar refractivity (Wildman–Crippen MR) is 99.9 cm³/mol. The number of rotatable bonds is 6. The van der Waals surface area contributed by atoms with Crippen LogP contribution in [0.1, 0.15) is 38.7 Å². The lowest BCUT2D eigenvalue weighted by atomic mass is 9.87. The third-order valence-electron chi connectivity index (χ3n) is 5.20. The molecule has 158 valence electrons. The standard InChI is InChI=1S/C22H24F4O3/c1-3-7-21(2)12-28-22(27,29-13-21)8-6-14-4-5-16(17(23)9-14)15-10-18(24)20(26)19(25)11-15/h4-5,9-11,27H,3,6-8,12-13H2,1-2H3. The molecular formula is C22H24F4O3. The van der Waals surface area contributed by atoms with Gasteiger partial charge in [-0.2, -0.15) is 0 Å². The van der Waals surface area contributed by atoms with E-state index in [-0.39, 0.29) is 29.4 Å². The first-order valence-corrected chi connectivity index (χ1v) is 9.58. The van der Waals surface area contributed by atoms with Crippen LogP contribution in [0.3, 0.4) is 0 Å². The molecule has 29 heavy (non-hydrogen) atoms. The molecule has 0 amide bonds. The lowest BCUT2D eigenvalue weighted by Gasteiger charge is -2.41. The number of aryl methyl sites for hydroxylation is 1. The van der Waals surface area contributed by atoms with E-state index >= 15 is 0 Å². The van der Waals surface area contributed by atoms with Crippen molar-refractivity contribution in [2.24, 2.45) is 5.41 Å². The first-order chi connectivity index (χ1) is 13.6. The molecule has 0 atom stereocenters. The number of ether oxygens (including phenoxy) is 2. The van der Waals surface area contributed by atoms with E-state index in [0.29, 0.717) is 18.8 Å². The van der Waals surface area contributed by atoms with Crippen molar-refractivity contribution in [3.8, 4) is 11.1 Å². The maximum absolute atomic E-state index is 14.5. The predicted octanol–water partition coefficient (Wildman–Crippen LogP) is 5.34. The Morgan fingerprint density at radius 1 is 0.931 bits per heavy atom. The molecule has 3 rings (SSSR count). The van der Waals surface area contributed by atoms with E-state index in [0.717, 1.165) is 25.0 Å². The smallest absolute Gasteiger partial charge is 0.280 e. The van der Waals surface area contributed by atoms with Gasteiger partial charge in [-0.25, -0.2) is 17.6 Å². The summed E-state index contributed by atoms with van der Waals surface area (Å²) in [5.41, 5.74) is 0.259. The van der Waals surface area contributed by atoms with Gasteiger partial charge in [-0.15, -0.1) is 0 Å². The monoisotopic (exact) mass is 412 g/mol. The van der Waals surface area contributed by atoms with Gasteiger partial charge in [0.2, 0.25) is 0 Å². The molecule has 0 unspecified atom stereocenters. The minimum atomic E-state index is -1.73. The highest BCUT2D eigenvalue weighted by molar-refractivity contribution is 5.64. The summed E-state index contributed by atoms with van der Waals surface area (Å²) in [6.07, 6.45) is 2.27. The van der Waals surface area contributed by atoms with Gasteiger partial charge >= 0.3 is 0 Å². The quantitative estimate of drug-likeness (QED) is 0.514. The zero-order valence-electron chi connectivity index (χ0n) is 16.4. The molecule has 1 saturated heterocycles. The number of hydrogen-bond acceptors (Lipinski definition) is 3. The number of hydrogen-bond donors (Lipinski definition) is 1. The highest BCUT2D eigenvalue weighted by Crippen LogP contribution is 2.34. The molecule has 1 aliphatic rings. The second-order valence-corrected chi connectivity index (χ2v) is 7.92. The maximum Gasteiger partial charge on any atom is 0.280 e. The fraction of sp³-hybridized carbons (Fsp3) is 0.455. The summed E-state index contributed by atoms with van der Waals surface area (Å²) in [4.78, 5) is 0. The molecule has 2 aromatic rings. The van der Waals surface area contributed by atoms with Crippen LogP contribution in [0, 0.1) is 28.7 Å². The first kappa shape index (κ1) is 21.7. The van der Waals surface area contributed by atoms with Crippen molar-refractivity contribution >= 4 is 0 Å². The Morgan fingerprint density at radius 2 is 1.55 bits per heavy atom. The summed E-state index contributed by atoms with van der Waals surface area (Å²) in [6.45, 7) is 4.84. The van der Waals surface area contributed by atoms with Crippen molar-refractivity contribution in [1.82, 2.24) is 0 Å². The molecule has 0 aliphatic carbocycles. The van der Waals surface area contributed by atoms with Gasteiger partial charge in [-0.3, -0.25) is 0 Å². The molecule has 0 aromatic heterocycles. The average Bonchev–Trinajstić information content (AvgIpc) is 2.67. The fourth-order valence-electron chi connectivity index (χ4n) is 3.51. The SMILES string of the molecule is CCCC1(C)COC(O)(CCc2ccc(-c3cc(F)c(F)c(F)c3)c(F)c2)OC1. The molecule has 0 saturated carbocycles. The van der Waals surface area contributed by atoms with Crippen molar-refractivity contribution in [3.05, 3.63) is 59.2 Å². The molecule has 1 N–H and O–H groups in total. The van der Waals surface area contributed by atoms with E-state index in [2.05, 4.69) is 6.92 Å². The summed E-state index contributed by atoms with van der Waals surface area (Å²) in [5.74, 6) is -6.80. The number of benzene rings is 2. The van der Waals surface area contributed by atoms with Gasteiger partial charge in [-0.1, -0.05) is 32.4 Å². The number of aliphatic hydroxyl groups is 1. The number of halogens is 4. The van der Waals surface area contributed by atoms with Crippen LogP contribution in [0.25, 0.3) is 11.1 Å². The van der Waals surface area contributed by atoms with Crippen LogP contribution in [0.15, 0.2) is 30.3 Å². The van der Waals surface area contributed by atoms with Crippen LogP contribution in [0.2, 0.25) is 0 Å². The minimum Gasteiger partial charge on any atom is -0.343 e. The Morgan fingerprint density at radius 3 is 2.10 bits per heavy atom. The Kier molecular flexibility index (Phi) is 6.31. The van der Waals surface area contributed by atoms with Gasteiger partial charge in [-0.05, 0) is 42.2 Å². The molecule has 1 heterocycles. The maximum atomic E-state index is 14.5. The highest BCUT2D eigenvalue weighted by atomic mass is 19.2. The third kappa shape index (κ3) is 4.97. The lowest BCUT2D eigenvalue weighted by molar-refractivity contribution is -0.404.